The number of halogens is 2. The molecule has 21 heavy (non-hydrogen) atoms. The summed E-state index contributed by atoms with van der Waals surface area (Å²) in [4.78, 5) is -0.373. The number of aliphatic hydroxyl groups excluding tert-OH is 1. The van der Waals surface area contributed by atoms with Gasteiger partial charge in [-0.25, -0.2) is 12.8 Å². The molecule has 0 bridgehead atoms. The first-order chi connectivity index (χ1) is 9.90. The van der Waals surface area contributed by atoms with Gasteiger partial charge in [0.25, 0.3) is 0 Å². The van der Waals surface area contributed by atoms with Gasteiger partial charge in [-0.3, -0.25) is 0 Å². The van der Waals surface area contributed by atoms with Crippen molar-refractivity contribution in [1.82, 2.24) is 4.31 Å². The van der Waals surface area contributed by atoms with Gasteiger partial charge >= 0.3 is 0 Å². The van der Waals surface area contributed by atoms with E-state index in [-0.39, 0.29) is 10.5 Å². The Balaban J connectivity index is 2.39. The zero-order valence-corrected chi connectivity index (χ0v) is 14.3. The van der Waals surface area contributed by atoms with E-state index in [0.717, 1.165) is 19.3 Å². The number of hydrogen-bond acceptors (Lipinski definition) is 3. The molecule has 1 aromatic carbocycles. The molecule has 0 radical (unpaired) electrons. The predicted octanol–water partition coefficient (Wildman–Crippen LogP) is 2.89. The van der Waals surface area contributed by atoms with Crippen molar-refractivity contribution in [3.8, 4) is 0 Å². The summed E-state index contributed by atoms with van der Waals surface area (Å²) in [5.74, 6) is -0.500. The number of sulfonamides is 1. The molecule has 0 unspecified atom stereocenters. The third-order valence-electron chi connectivity index (χ3n) is 3.91. The van der Waals surface area contributed by atoms with E-state index in [2.05, 4.69) is 15.9 Å². The van der Waals surface area contributed by atoms with E-state index < -0.39 is 22.4 Å². The van der Waals surface area contributed by atoms with Gasteiger partial charge in [-0.2, -0.15) is 4.31 Å². The lowest BCUT2D eigenvalue weighted by molar-refractivity contribution is 0.249. The molecule has 1 fully saturated rings. The number of nitrogens with zero attached hydrogens (tertiary/aromatic N) is 1. The van der Waals surface area contributed by atoms with E-state index in [4.69, 9.17) is 5.11 Å². The van der Waals surface area contributed by atoms with Gasteiger partial charge in [-0.15, -0.1) is 0 Å². The number of hydrogen-bond donors (Lipinski definition) is 1. The van der Waals surface area contributed by atoms with Crippen molar-refractivity contribution < 1.29 is 17.9 Å². The molecule has 0 atom stereocenters. The van der Waals surface area contributed by atoms with Crippen LogP contribution in [0.1, 0.15) is 31.7 Å². The molecule has 0 amide bonds. The van der Waals surface area contributed by atoms with Crippen molar-refractivity contribution in [2.45, 2.75) is 37.7 Å². The molecule has 0 heterocycles. The first-order valence-corrected chi connectivity index (χ1v) is 9.22. The minimum Gasteiger partial charge on any atom is -0.392 e. The van der Waals surface area contributed by atoms with Gasteiger partial charge in [0.05, 0.1) is 6.61 Å². The van der Waals surface area contributed by atoms with Crippen molar-refractivity contribution in [2.24, 2.45) is 5.92 Å². The molecule has 4 nitrogen and oxygen atoms in total. The summed E-state index contributed by atoms with van der Waals surface area (Å²) < 4.78 is 41.4. The summed E-state index contributed by atoms with van der Waals surface area (Å²) in [6, 6.07) is 2.64. The highest BCUT2D eigenvalue weighted by Crippen LogP contribution is 2.31. The van der Waals surface area contributed by atoms with Crippen molar-refractivity contribution in [3.05, 3.63) is 28.0 Å². The topological polar surface area (TPSA) is 57.6 Å². The largest absolute Gasteiger partial charge is 0.392 e. The Bertz CT molecular complexity index is 617. The normalized spacial score (nSPS) is 16.2. The third kappa shape index (κ3) is 3.47. The first kappa shape index (κ1) is 16.9. The Hall–Kier alpha value is -0.500. The van der Waals surface area contributed by atoms with Crippen LogP contribution >= 0.6 is 15.9 Å². The highest BCUT2D eigenvalue weighted by Gasteiger charge is 2.31. The summed E-state index contributed by atoms with van der Waals surface area (Å²) in [6.07, 6.45) is 3.17. The van der Waals surface area contributed by atoms with Crippen LogP contribution in [0.4, 0.5) is 4.39 Å². The molecule has 1 aromatic rings. The monoisotopic (exact) mass is 379 g/mol. The average Bonchev–Trinajstić information content (AvgIpc) is 2.39. The lowest BCUT2D eigenvalue weighted by Crippen LogP contribution is -2.37. The third-order valence-corrected chi connectivity index (χ3v) is 6.30. The molecule has 1 aliphatic carbocycles. The van der Waals surface area contributed by atoms with Crippen LogP contribution in [0.2, 0.25) is 0 Å². The van der Waals surface area contributed by atoms with Crippen LogP contribution < -0.4 is 0 Å². The quantitative estimate of drug-likeness (QED) is 0.826. The van der Waals surface area contributed by atoms with Crippen LogP contribution in [-0.4, -0.2) is 30.9 Å². The molecule has 7 heteroatoms. The zero-order chi connectivity index (χ0) is 15.6. The van der Waals surface area contributed by atoms with Gasteiger partial charge in [0, 0.05) is 23.1 Å². The number of rotatable bonds is 6. The van der Waals surface area contributed by atoms with Crippen LogP contribution in [-0.2, 0) is 16.6 Å². The van der Waals surface area contributed by atoms with Gasteiger partial charge in [0.1, 0.15) is 10.7 Å². The van der Waals surface area contributed by atoms with E-state index in [1.165, 1.54) is 16.4 Å². The summed E-state index contributed by atoms with van der Waals surface area (Å²) in [7, 11) is -3.89. The molecule has 1 saturated carbocycles. The Labute approximate surface area is 133 Å². The lowest BCUT2D eigenvalue weighted by Gasteiger charge is -2.31. The van der Waals surface area contributed by atoms with E-state index in [0.29, 0.717) is 23.5 Å². The molecule has 2 rings (SSSR count). The first-order valence-electron chi connectivity index (χ1n) is 6.99. The fourth-order valence-electron chi connectivity index (χ4n) is 2.42. The minimum atomic E-state index is -3.89. The van der Waals surface area contributed by atoms with E-state index >= 15 is 0 Å². The highest BCUT2D eigenvalue weighted by atomic mass is 79.9. The number of benzene rings is 1. The second-order valence-electron chi connectivity index (χ2n) is 5.29. The van der Waals surface area contributed by atoms with Crippen molar-refractivity contribution in [3.63, 3.8) is 0 Å². The van der Waals surface area contributed by atoms with Crippen molar-refractivity contribution in [2.75, 3.05) is 13.1 Å². The summed E-state index contributed by atoms with van der Waals surface area (Å²) >= 11 is 3.17. The Morgan fingerprint density at radius 1 is 1.43 bits per heavy atom. The summed E-state index contributed by atoms with van der Waals surface area (Å²) in [6.45, 7) is 1.94. The van der Waals surface area contributed by atoms with Crippen LogP contribution in [0.25, 0.3) is 0 Å². The molecule has 0 saturated heterocycles. The summed E-state index contributed by atoms with van der Waals surface area (Å²) in [5, 5.41) is 9.15. The zero-order valence-electron chi connectivity index (χ0n) is 11.8. The second-order valence-corrected chi connectivity index (χ2v) is 8.11. The predicted molar refractivity (Wildman–Crippen MR) is 81.8 cm³/mol. The lowest BCUT2D eigenvalue weighted by atomic mass is 9.85. The standard InChI is InChI=1S/C14H19BrFNO3S/c1-2-17(8-10-4-3-5-10)21(19,20)13-7-12(15)6-11(9-18)14(13)16/h6-7,10,18H,2-5,8-9H2,1H3. The molecule has 1 aliphatic rings. The maximum atomic E-state index is 14.3. The fraction of sp³-hybridized carbons (Fsp3) is 0.571. The Kier molecular flexibility index (Phi) is 5.40. The molecule has 118 valence electrons. The maximum Gasteiger partial charge on any atom is 0.246 e. The molecule has 0 aromatic heterocycles. The van der Waals surface area contributed by atoms with Gasteiger partial charge < -0.3 is 5.11 Å². The molecular weight excluding hydrogens is 361 g/mol. The molecular formula is C14H19BrFNO3S. The van der Waals surface area contributed by atoms with Crippen LogP contribution in [0.3, 0.4) is 0 Å². The molecule has 0 spiro atoms. The second kappa shape index (κ2) is 6.73. The molecule has 0 aliphatic heterocycles. The van der Waals surface area contributed by atoms with Crippen LogP contribution in [0.15, 0.2) is 21.5 Å². The molecule has 1 N–H and O–H groups in total. The highest BCUT2D eigenvalue weighted by molar-refractivity contribution is 9.10. The van der Waals surface area contributed by atoms with Crippen LogP contribution in [0, 0.1) is 11.7 Å². The minimum absolute atomic E-state index is 0.0253. The Morgan fingerprint density at radius 2 is 2.10 bits per heavy atom. The smallest absolute Gasteiger partial charge is 0.246 e. The van der Waals surface area contributed by atoms with Crippen molar-refractivity contribution >= 4 is 26.0 Å². The number of aliphatic hydroxyl groups is 1. The maximum absolute atomic E-state index is 14.3. The van der Waals surface area contributed by atoms with Gasteiger partial charge in [0.15, 0.2) is 0 Å². The SMILES string of the molecule is CCN(CC1CCC1)S(=O)(=O)c1cc(Br)cc(CO)c1F. The fourth-order valence-corrected chi connectivity index (χ4v) is 4.74. The van der Waals surface area contributed by atoms with E-state index in [9.17, 15) is 12.8 Å². The summed E-state index contributed by atoms with van der Waals surface area (Å²) in [5.41, 5.74) is -0.0253. The van der Waals surface area contributed by atoms with Crippen molar-refractivity contribution in [1.29, 1.82) is 0 Å². The average molecular weight is 380 g/mol. The van der Waals surface area contributed by atoms with Gasteiger partial charge in [-0.05, 0) is 30.9 Å². The Morgan fingerprint density at radius 3 is 2.57 bits per heavy atom. The van der Waals surface area contributed by atoms with E-state index in [1.807, 2.05) is 0 Å². The van der Waals surface area contributed by atoms with Gasteiger partial charge in [0.2, 0.25) is 10.0 Å². The van der Waals surface area contributed by atoms with Gasteiger partial charge in [-0.1, -0.05) is 29.3 Å². The van der Waals surface area contributed by atoms with E-state index in [1.54, 1.807) is 6.92 Å². The van der Waals surface area contributed by atoms with Crippen LogP contribution in [0.5, 0.6) is 0 Å².